The Bertz CT molecular complexity index is 276. The van der Waals surface area contributed by atoms with E-state index in [1.165, 1.54) is 0 Å². The number of hydrogen-bond acceptors (Lipinski definition) is 3. The number of rotatable bonds is 4. The van der Waals surface area contributed by atoms with Crippen LogP contribution in [0.5, 0.6) is 0 Å². The molecule has 1 heterocycles. The Kier molecular flexibility index (Phi) is 4.10. The number of nitrogens with zero attached hydrogens (tertiary/aromatic N) is 2. The minimum atomic E-state index is -0.727. The lowest BCUT2D eigenvalue weighted by Gasteiger charge is -2.49. The quantitative estimate of drug-likeness (QED) is 0.727. The van der Waals surface area contributed by atoms with Crippen LogP contribution in [0.2, 0.25) is 0 Å². The second kappa shape index (κ2) is 4.97. The van der Waals surface area contributed by atoms with E-state index in [1.807, 2.05) is 13.1 Å². The molecule has 1 unspecified atom stereocenters. The lowest BCUT2D eigenvalue weighted by atomic mass is 9.94. The number of carbonyl (C=O) groups is 1. The highest BCUT2D eigenvalue weighted by Crippen LogP contribution is 2.24. The van der Waals surface area contributed by atoms with Crippen LogP contribution in [-0.4, -0.2) is 59.1 Å². The van der Waals surface area contributed by atoms with E-state index < -0.39 is 5.97 Å². The van der Waals surface area contributed by atoms with Crippen molar-refractivity contribution in [1.82, 2.24) is 9.80 Å². The molecule has 4 heteroatoms. The highest BCUT2D eigenvalue weighted by Gasteiger charge is 2.37. The third kappa shape index (κ3) is 3.06. The first-order chi connectivity index (χ1) is 7.36. The summed E-state index contributed by atoms with van der Waals surface area (Å²) in [5.41, 5.74) is 0.0813. The second-order valence-corrected chi connectivity index (χ2v) is 5.17. The number of likely N-dealkylation sites (N-methyl/N-ethyl adjacent to an activating group) is 1. The molecule has 0 aromatic carbocycles. The summed E-state index contributed by atoms with van der Waals surface area (Å²) in [6.45, 7) is 10.6. The molecule has 16 heavy (non-hydrogen) atoms. The third-order valence-electron chi connectivity index (χ3n) is 3.31. The van der Waals surface area contributed by atoms with Gasteiger partial charge in [-0.05, 0) is 20.9 Å². The molecule has 0 aromatic rings. The summed E-state index contributed by atoms with van der Waals surface area (Å²) >= 11 is 0. The molecule has 4 nitrogen and oxygen atoms in total. The summed E-state index contributed by atoms with van der Waals surface area (Å²) in [6, 6.07) is 0.102. The highest BCUT2D eigenvalue weighted by atomic mass is 16.4. The minimum Gasteiger partial charge on any atom is -0.481 e. The van der Waals surface area contributed by atoms with Gasteiger partial charge < -0.3 is 5.11 Å². The lowest BCUT2D eigenvalue weighted by Crippen LogP contribution is -2.62. The van der Waals surface area contributed by atoms with Crippen LogP contribution < -0.4 is 0 Å². The van der Waals surface area contributed by atoms with E-state index in [2.05, 4.69) is 30.2 Å². The van der Waals surface area contributed by atoms with Crippen molar-refractivity contribution in [2.45, 2.75) is 31.8 Å². The smallest absolute Gasteiger partial charge is 0.304 e. The van der Waals surface area contributed by atoms with Crippen molar-refractivity contribution in [2.75, 3.05) is 26.7 Å². The third-order valence-corrected chi connectivity index (χ3v) is 3.31. The molecule has 1 rings (SSSR count). The van der Waals surface area contributed by atoms with Crippen LogP contribution in [0.3, 0.4) is 0 Å². The molecule has 0 aromatic heterocycles. The first-order valence-electron chi connectivity index (χ1n) is 5.65. The predicted molar refractivity (Wildman–Crippen MR) is 64.5 cm³/mol. The van der Waals surface area contributed by atoms with E-state index in [4.69, 9.17) is 5.11 Å². The Balaban J connectivity index is 2.71. The second-order valence-electron chi connectivity index (χ2n) is 5.17. The van der Waals surface area contributed by atoms with Crippen molar-refractivity contribution in [3.8, 4) is 0 Å². The van der Waals surface area contributed by atoms with Gasteiger partial charge >= 0.3 is 5.97 Å². The molecule has 0 bridgehead atoms. The highest BCUT2D eigenvalue weighted by molar-refractivity contribution is 5.67. The fourth-order valence-corrected chi connectivity index (χ4v) is 2.38. The first kappa shape index (κ1) is 13.2. The van der Waals surface area contributed by atoms with Crippen molar-refractivity contribution in [2.24, 2.45) is 0 Å². The summed E-state index contributed by atoms with van der Waals surface area (Å²) in [4.78, 5) is 15.2. The van der Waals surface area contributed by atoms with Gasteiger partial charge in [-0.2, -0.15) is 0 Å². The Morgan fingerprint density at radius 2 is 2.25 bits per heavy atom. The number of hydrogen-bond donors (Lipinski definition) is 1. The molecule has 0 radical (unpaired) electrons. The Hall–Kier alpha value is -0.870. The molecular weight excluding hydrogens is 204 g/mol. The van der Waals surface area contributed by atoms with Gasteiger partial charge in [0.2, 0.25) is 0 Å². The van der Waals surface area contributed by atoms with E-state index in [0.29, 0.717) is 0 Å². The first-order valence-corrected chi connectivity index (χ1v) is 5.65. The summed E-state index contributed by atoms with van der Waals surface area (Å²) < 4.78 is 0. The topological polar surface area (TPSA) is 43.8 Å². The van der Waals surface area contributed by atoms with Gasteiger partial charge in [0.1, 0.15) is 0 Å². The zero-order valence-electron chi connectivity index (χ0n) is 10.4. The Morgan fingerprint density at radius 1 is 1.62 bits per heavy atom. The average Bonchev–Trinajstić information content (AvgIpc) is 2.12. The number of piperazine rings is 1. The van der Waals surface area contributed by atoms with E-state index in [-0.39, 0.29) is 18.0 Å². The summed E-state index contributed by atoms with van der Waals surface area (Å²) in [7, 11) is 2.00. The standard InChI is InChI=1S/C12H22N2O2/c1-5-6-14-8-10(7-11(15)16)13(4)9-12(14,2)3/h5,10H,1,6-9H2,2-4H3,(H,15,16). The maximum Gasteiger partial charge on any atom is 0.304 e. The van der Waals surface area contributed by atoms with Crippen molar-refractivity contribution < 1.29 is 9.90 Å². The van der Waals surface area contributed by atoms with Crippen LogP contribution in [0.25, 0.3) is 0 Å². The molecule has 1 aliphatic heterocycles. The zero-order valence-corrected chi connectivity index (χ0v) is 10.4. The van der Waals surface area contributed by atoms with Gasteiger partial charge in [0.25, 0.3) is 0 Å². The summed E-state index contributed by atoms with van der Waals surface area (Å²) in [5, 5.41) is 8.86. The van der Waals surface area contributed by atoms with Crippen molar-refractivity contribution in [3.63, 3.8) is 0 Å². The summed E-state index contributed by atoms with van der Waals surface area (Å²) in [5.74, 6) is -0.727. The van der Waals surface area contributed by atoms with Gasteiger partial charge in [0.15, 0.2) is 0 Å². The largest absolute Gasteiger partial charge is 0.481 e. The molecule has 0 spiro atoms. The molecule has 1 saturated heterocycles. The molecule has 0 aliphatic carbocycles. The summed E-state index contributed by atoms with van der Waals surface area (Å²) in [6.07, 6.45) is 2.09. The van der Waals surface area contributed by atoms with Gasteiger partial charge in [-0.15, -0.1) is 6.58 Å². The molecule has 1 atom stereocenters. The molecule has 92 valence electrons. The zero-order chi connectivity index (χ0) is 12.3. The van der Waals surface area contributed by atoms with Gasteiger partial charge in [-0.25, -0.2) is 0 Å². The van der Waals surface area contributed by atoms with Crippen molar-refractivity contribution in [3.05, 3.63) is 12.7 Å². The SMILES string of the molecule is C=CCN1CC(CC(=O)O)N(C)CC1(C)C. The minimum absolute atomic E-state index is 0.0813. The molecule has 0 amide bonds. The molecule has 1 fully saturated rings. The van der Waals surface area contributed by atoms with E-state index in [0.717, 1.165) is 19.6 Å². The molecule has 0 saturated carbocycles. The van der Waals surface area contributed by atoms with Crippen LogP contribution in [0.15, 0.2) is 12.7 Å². The molecule has 1 aliphatic rings. The average molecular weight is 226 g/mol. The molecular formula is C12H22N2O2. The van der Waals surface area contributed by atoms with Crippen LogP contribution in [0.4, 0.5) is 0 Å². The number of carboxylic acids is 1. The monoisotopic (exact) mass is 226 g/mol. The van der Waals surface area contributed by atoms with Crippen molar-refractivity contribution >= 4 is 5.97 Å². The van der Waals surface area contributed by atoms with Crippen molar-refractivity contribution in [1.29, 1.82) is 0 Å². The fourth-order valence-electron chi connectivity index (χ4n) is 2.38. The van der Waals surface area contributed by atoms with Gasteiger partial charge in [-0.3, -0.25) is 14.6 Å². The van der Waals surface area contributed by atoms with Gasteiger partial charge in [0, 0.05) is 31.2 Å². The maximum absolute atomic E-state index is 10.8. The van der Waals surface area contributed by atoms with E-state index in [9.17, 15) is 4.79 Å². The van der Waals surface area contributed by atoms with Crippen LogP contribution >= 0.6 is 0 Å². The Labute approximate surface area is 97.5 Å². The fraction of sp³-hybridized carbons (Fsp3) is 0.750. The normalized spacial score (nSPS) is 26.6. The maximum atomic E-state index is 10.8. The van der Waals surface area contributed by atoms with E-state index >= 15 is 0 Å². The predicted octanol–water partition coefficient (Wildman–Crippen LogP) is 1.04. The number of carboxylic acid groups (broad SMARTS) is 1. The van der Waals surface area contributed by atoms with Crippen LogP contribution in [-0.2, 0) is 4.79 Å². The van der Waals surface area contributed by atoms with E-state index in [1.54, 1.807) is 0 Å². The molecule has 1 N–H and O–H groups in total. The van der Waals surface area contributed by atoms with Gasteiger partial charge in [0.05, 0.1) is 6.42 Å². The lowest BCUT2D eigenvalue weighted by molar-refractivity contribution is -0.139. The number of aliphatic carboxylic acids is 1. The Morgan fingerprint density at radius 3 is 2.75 bits per heavy atom. The van der Waals surface area contributed by atoms with Crippen LogP contribution in [0, 0.1) is 0 Å². The van der Waals surface area contributed by atoms with Crippen LogP contribution in [0.1, 0.15) is 20.3 Å². The van der Waals surface area contributed by atoms with Gasteiger partial charge in [-0.1, -0.05) is 6.08 Å².